The SMILES string of the molecule is CC1CCN(C(=O)C(C)N(C)CCC(=O)O)CC1.Cl. The van der Waals surface area contributed by atoms with E-state index >= 15 is 0 Å². The van der Waals surface area contributed by atoms with Gasteiger partial charge in [0.25, 0.3) is 0 Å². The molecule has 1 fully saturated rings. The van der Waals surface area contributed by atoms with Gasteiger partial charge in [-0.2, -0.15) is 0 Å². The molecule has 1 unspecified atom stereocenters. The number of piperidine rings is 1. The summed E-state index contributed by atoms with van der Waals surface area (Å²) >= 11 is 0. The second-order valence-corrected chi connectivity index (χ2v) is 5.31. The van der Waals surface area contributed by atoms with Gasteiger partial charge in [-0.3, -0.25) is 14.5 Å². The van der Waals surface area contributed by atoms with E-state index in [2.05, 4.69) is 6.92 Å². The second kappa shape index (κ2) is 8.38. The van der Waals surface area contributed by atoms with Crippen molar-refractivity contribution in [1.29, 1.82) is 0 Å². The first-order valence-electron chi connectivity index (χ1n) is 6.62. The van der Waals surface area contributed by atoms with Crippen molar-refractivity contribution >= 4 is 24.3 Å². The largest absolute Gasteiger partial charge is 0.481 e. The van der Waals surface area contributed by atoms with Gasteiger partial charge in [0.1, 0.15) is 0 Å². The summed E-state index contributed by atoms with van der Waals surface area (Å²) in [6, 6.07) is -0.238. The minimum Gasteiger partial charge on any atom is -0.481 e. The number of carbonyl (C=O) groups excluding carboxylic acids is 1. The van der Waals surface area contributed by atoms with Gasteiger partial charge in [0.05, 0.1) is 12.5 Å². The van der Waals surface area contributed by atoms with Gasteiger partial charge < -0.3 is 10.0 Å². The molecule has 0 aromatic carbocycles. The Kier molecular flexibility index (Phi) is 8.02. The first-order valence-corrected chi connectivity index (χ1v) is 6.62. The summed E-state index contributed by atoms with van der Waals surface area (Å²) in [6.45, 7) is 6.13. The number of rotatable bonds is 5. The molecule has 0 aromatic rings. The summed E-state index contributed by atoms with van der Waals surface area (Å²) in [6.07, 6.45) is 2.21. The van der Waals surface area contributed by atoms with Crippen LogP contribution in [0.1, 0.15) is 33.1 Å². The third kappa shape index (κ3) is 5.78. The van der Waals surface area contributed by atoms with E-state index in [-0.39, 0.29) is 30.8 Å². The predicted molar refractivity (Wildman–Crippen MR) is 76.6 cm³/mol. The Labute approximate surface area is 121 Å². The molecule has 1 amide bonds. The molecule has 1 heterocycles. The highest BCUT2D eigenvalue weighted by Gasteiger charge is 2.26. The van der Waals surface area contributed by atoms with Crippen molar-refractivity contribution in [2.75, 3.05) is 26.7 Å². The number of likely N-dealkylation sites (N-methyl/N-ethyl adjacent to an activating group) is 1. The molecule has 1 atom stereocenters. The molecule has 0 bridgehead atoms. The van der Waals surface area contributed by atoms with Crippen LogP contribution in [0.25, 0.3) is 0 Å². The molecule has 0 aliphatic carbocycles. The van der Waals surface area contributed by atoms with Crippen LogP contribution >= 0.6 is 12.4 Å². The molecule has 1 N–H and O–H groups in total. The fourth-order valence-corrected chi connectivity index (χ4v) is 2.15. The average molecular weight is 293 g/mol. The number of hydrogen-bond acceptors (Lipinski definition) is 3. The highest BCUT2D eigenvalue weighted by molar-refractivity contribution is 5.85. The van der Waals surface area contributed by atoms with E-state index in [9.17, 15) is 9.59 Å². The maximum atomic E-state index is 12.2. The Bertz CT molecular complexity index is 304. The highest BCUT2D eigenvalue weighted by atomic mass is 35.5. The molecule has 1 aliphatic rings. The molecule has 6 heteroatoms. The summed E-state index contributed by atoms with van der Waals surface area (Å²) in [7, 11) is 1.80. The molecule has 1 aliphatic heterocycles. The average Bonchev–Trinajstić information content (AvgIpc) is 2.35. The van der Waals surface area contributed by atoms with Crippen LogP contribution in [0.5, 0.6) is 0 Å². The molecule has 0 radical (unpaired) electrons. The summed E-state index contributed by atoms with van der Waals surface area (Å²) in [5.41, 5.74) is 0. The number of amides is 1. The number of carboxylic acids is 1. The van der Waals surface area contributed by atoms with Crippen molar-refractivity contribution in [1.82, 2.24) is 9.80 Å². The standard InChI is InChI=1S/C13H24N2O3.ClH/c1-10-4-8-15(9-5-10)13(18)11(2)14(3)7-6-12(16)17;/h10-11H,4-9H2,1-3H3,(H,16,17);1H. The quantitative estimate of drug-likeness (QED) is 0.833. The van der Waals surface area contributed by atoms with Crippen molar-refractivity contribution in [2.45, 2.75) is 39.2 Å². The van der Waals surface area contributed by atoms with E-state index in [1.165, 1.54) is 0 Å². The third-order valence-electron chi connectivity index (χ3n) is 3.79. The van der Waals surface area contributed by atoms with Crippen molar-refractivity contribution in [3.63, 3.8) is 0 Å². The highest BCUT2D eigenvalue weighted by Crippen LogP contribution is 2.17. The normalized spacial score (nSPS) is 18.0. The number of likely N-dealkylation sites (tertiary alicyclic amines) is 1. The Morgan fingerprint density at radius 3 is 2.37 bits per heavy atom. The van der Waals surface area contributed by atoms with E-state index in [1.54, 1.807) is 7.05 Å². The lowest BCUT2D eigenvalue weighted by Gasteiger charge is -2.34. The van der Waals surface area contributed by atoms with Crippen LogP contribution < -0.4 is 0 Å². The smallest absolute Gasteiger partial charge is 0.304 e. The lowest BCUT2D eigenvalue weighted by Crippen LogP contribution is -2.48. The zero-order valence-electron chi connectivity index (χ0n) is 12.0. The van der Waals surface area contributed by atoms with Gasteiger partial charge in [0, 0.05) is 19.6 Å². The topological polar surface area (TPSA) is 60.9 Å². The van der Waals surface area contributed by atoms with E-state index in [1.807, 2.05) is 16.7 Å². The Balaban J connectivity index is 0.00000324. The molecule has 0 spiro atoms. The van der Waals surface area contributed by atoms with Crippen LogP contribution in [-0.2, 0) is 9.59 Å². The number of carboxylic acid groups (broad SMARTS) is 1. The summed E-state index contributed by atoms with van der Waals surface area (Å²) in [4.78, 5) is 26.5. The van der Waals surface area contributed by atoms with Gasteiger partial charge in [0.2, 0.25) is 5.91 Å². The van der Waals surface area contributed by atoms with Gasteiger partial charge in [-0.15, -0.1) is 12.4 Å². The molecule has 0 saturated carbocycles. The van der Waals surface area contributed by atoms with Gasteiger partial charge in [-0.1, -0.05) is 6.92 Å². The molecule has 1 rings (SSSR count). The van der Waals surface area contributed by atoms with Gasteiger partial charge in [-0.05, 0) is 32.7 Å². The fraction of sp³-hybridized carbons (Fsp3) is 0.846. The monoisotopic (exact) mass is 292 g/mol. The first kappa shape index (κ1) is 18.2. The van der Waals surface area contributed by atoms with Crippen LogP contribution in [0.3, 0.4) is 0 Å². The van der Waals surface area contributed by atoms with Crippen molar-refractivity contribution in [3.8, 4) is 0 Å². The zero-order chi connectivity index (χ0) is 13.7. The molecule has 112 valence electrons. The summed E-state index contributed by atoms with van der Waals surface area (Å²) in [5, 5.41) is 8.64. The van der Waals surface area contributed by atoms with Crippen LogP contribution in [0.15, 0.2) is 0 Å². The Morgan fingerprint density at radius 1 is 1.37 bits per heavy atom. The maximum Gasteiger partial charge on any atom is 0.304 e. The minimum atomic E-state index is -0.826. The van der Waals surface area contributed by atoms with Gasteiger partial charge >= 0.3 is 5.97 Å². The molecule has 0 aromatic heterocycles. The molecule has 19 heavy (non-hydrogen) atoms. The van der Waals surface area contributed by atoms with Crippen molar-refractivity contribution in [3.05, 3.63) is 0 Å². The first-order chi connectivity index (χ1) is 8.41. The Morgan fingerprint density at radius 2 is 1.89 bits per heavy atom. The molecule has 1 saturated heterocycles. The van der Waals surface area contributed by atoms with Gasteiger partial charge in [-0.25, -0.2) is 0 Å². The molecule has 5 nitrogen and oxygen atoms in total. The van der Waals surface area contributed by atoms with E-state index in [0.717, 1.165) is 25.9 Å². The number of hydrogen-bond donors (Lipinski definition) is 1. The lowest BCUT2D eigenvalue weighted by molar-refractivity contribution is -0.140. The number of nitrogens with zero attached hydrogens (tertiary/aromatic N) is 2. The maximum absolute atomic E-state index is 12.2. The van der Waals surface area contributed by atoms with E-state index in [0.29, 0.717) is 12.5 Å². The summed E-state index contributed by atoms with van der Waals surface area (Å²) in [5.74, 6) is -0.00261. The predicted octanol–water partition coefficient (Wildman–Crippen LogP) is 1.46. The zero-order valence-corrected chi connectivity index (χ0v) is 12.8. The lowest BCUT2D eigenvalue weighted by atomic mass is 9.99. The fourth-order valence-electron chi connectivity index (χ4n) is 2.15. The number of carbonyl (C=O) groups is 2. The minimum absolute atomic E-state index is 0. The van der Waals surface area contributed by atoms with Crippen LogP contribution in [0.4, 0.5) is 0 Å². The number of halogens is 1. The van der Waals surface area contributed by atoms with E-state index in [4.69, 9.17) is 5.11 Å². The van der Waals surface area contributed by atoms with Gasteiger partial charge in [0.15, 0.2) is 0 Å². The summed E-state index contributed by atoms with van der Waals surface area (Å²) < 4.78 is 0. The third-order valence-corrected chi connectivity index (χ3v) is 3.79. The van der Waals surface area contributed by atoms with Crippen molar-refractivity contribution in [2.24, 2.45) is 5.92 Å². The second-order valence-electron chi connectivity index (χ2n) is 5.31. The molecular formula is C13H25ClN2O3. The Hall–Kier alpha value is -0.810. The molecular weight excluding hydrogens is 268 g/mol. The van der Waals surface area contributed by atoms with Crippen LogP contribution in [0, 0.1) is 5.92 Å². The van der Waals surface area contributed by atoms with Crippen LogP contribution in [-0.4, -0.2) is 59.5 Å². The van der Waals surface area contributed by atoms with Crippen LogP contribution in [0.2, 0.25) is 0 Å². The van der Waals surface area contributed by atoms with E-state index < -0.39 is 5.97 Å². The van der Waals surface area contributed by atoms with Crippen molar-refractivity contribution < 1.29 is 14.7 Å². The number of aliphatic carboxylic acids is 1.